The maximum atomic E-state index is 13.2. The molecule has 1 aromatic carbocycles. The van der Waals surface area contributed by atoms with E-state index in [1.807, 2.05) is 17.5 Å². The molecule has 0 bridgehead atoms. The molecule has 4 heterocycles. The minimum absolute atomic E-state index is 0.0526. The molecule has 0 N–H and O–H groups in total. The van der Waals surface area contributed by atoms with E-state index in [-0.39, 0.29) is 29.3 Å². The van der Waals surface area contributed by atoms with Crippen LogP contribution in [0.3, 0.4) is 0 Å². The lowest BCUT2D eigenvalue weighted by molar-refractivity contribution is 0.0739. The molecule has 0 radical (unpaired) electrons. The van der Waals surface area contributed by atoms with E-state index in [1.165, 1.54) is 23.5 Å². The van der Waals surface area contributed by atoms with Crippen molar-refractivity contribution in [1.82, 2.24) is 14.7 Å². The Morgan fingerprint density at radius 3 is 2.47 bits per heavy atom. The Bertz CT molecular complexity index is 1210. The molecule has 5 rings (SSSR count). The molecule has 2 saturated heterocycles. The van der Waals surface area contributed by atoms with E-state index in [2.05, 4.69) is 10.00 Å². The first-order valence-electron chi connectivity index (χ1n) is 10.5. The fourth-order valence-corrected chi connectivity index (χ4v) is 6.76. The summed E-state index contributed by atoms with van der Waals surface area (Å²) in [5.41, 5.74) is 2.06. The molecule has 0 spiro atoms. The van der Waals surface area contributed by atoms with Crippen molar-refractivity contribution in [2.45, 2.75) is 12.5 Å². The number of hydrogen-bond donors (Lipinski definition) is 0. The molecule has 7 nitrogen and oxygen atoms in total. The average molecular weight is 475 g/mol. The van der Waals surface area contributed by atoms with Crippen molar-refractivity contribution < 1.29 is 17.6 Å². The number of sulfone groups is 1. The molecule has 10 heteroatoms. The number of amides is 1. The second-order valence-corrected chi connectivity index (χ2v) is 11.3. The first-order valence-corrected chi connectivity index (χ1v) is 13.2. The number of halogens is 1. The summed E-state index contributed by atoms with van der Waals surface area (Å²) >= 11 is 1.54. The van der Waals surface area contributed by atoms with Crippen LogP contribution in [0.15, 0.2) is 47.8 Å². The third-order valence-electron chi connectivity index (χ3n) is 6.04. The molecule has 0 saturated carbocycles. The largest absolute Gasteiger partial charge is 0.368 e. The summed E-state index contributed by atoms with van der Waals surface area (Å²) in [6.07, 6.45) is 0.506. The summed E-state index contributed by atoms with van der Waals surface area (Å²) in [5.74, 6) is -0.219. The summed E-state index contributed by atoms with van der Waals surface area (Å²) in [7, 11) is -3.08. The predicted octanol–water partition coefficient (Wildman–Crippen LogP) is 3.07. The summed E-state index contributed by atoms with van der Waals surface area (Å²) < 4.78 is 39.0. The Morgan fingerprint density at radius 2 is 1.84 bits per heavy atom. The SMILES string of the molecule is O=C(c1cc(-c2cccs2)n([C@@H]2CCS(=O)(=O)C2)n1)N1CCN(c2ccc(F)cc2)CC1. The van der Waals surface area contributed by atoms with Gasteiger partial charge in [-0.2, -0.15) is 5.10 Å². The minimum Gasteiger partial charge on any atom is -0.368 e. The predicted molar refractivity (Wildman–Crippen MR) is 122 cm³/mol. The van der Waals surface area contributed by atoms with Gasteiger partial charge in [0.1, 0.15) is 5.82 Å². The molecule has 2 aromatic heterocycles. The van der Waals surface area contributed by atoms with E-state index in [9.17, 15) is 17.6 Å². The van der Waals surface area contributed by atoms with Gasteiger partial charge in [-0.25, -0.2) is 12.8 Å². The summed E-state index contributed by atoms with van der Waals surface area (Å²) in [6.45, 7) is 2.37. The van der Waals surface area contributed by atoms with Gasteiger partial charge in [0.05, 0.1) is 28.1 Å². The first-order chi connectivity index (χ1) is 15.4. The number of thiophene rings is 1. The number of carbonyl (C=O) groups excluding carboxylic acids is 1. The maximum absolute atomic E-state index is 13.2. The Balaban J connectivity index is 1.35. The van der Waals surface area contributed by atoms with Gasteiger partial charge in [-0.3, -0.25) is 9.48 Å². The van der Waals surface area contributed by atoms with Gasteiger partial charge in [0, 0.05) is 31.9 Å². The molecule has 0 aliphatic carbocycles. The number of anilines is 1. The van der Waals surface area contributed by atoms with Gasteiger partial charge in [-0.05, 0) is 48.2 Å². The van der Waals surface area contributed by atoms with Crippen LogP contribution < -0.4 is 4.90 Å². The Morgan fingerprint density at radius 1 is 1.09 bits per heavy atom. The Kier molecular flexibility index (Phi) is 5.50. The number of hydrogen-bond acceptors (Lipinski definition) is 6. The van der Waals surface area contributed by atoms with Gasteiger partial charge in [-0.15, -0.1) is 11.3 Å². The van der Waals surface area contributed by atoms with E-state index in [0.717, 1.165) is 16.3 Å². The standard InChI is InChI=1S/C22H23FN4O3S2/c23-16-3-5-17(6-4-16)25-8-10-26(11-9-25)22(28)19-14-20(21-2-1-12-31-21)27(24-19)18-7-13-32(29,30)15-18/h1-6,12,14,18H,7-11,13,15H2/t18-/m1/s1. The molecular formula is C22H23FN4O3S2. The highest BCUT2D eigenvalue weighted by Crippen LogP contribution is 2.32. The molecule has 3 aromatic rings. The summed E-state index contributed by atoms with van der Waals surface area (Å²) in [4.78, 5) is 18.1. The van der Waals surface area contributed by atoms with Crippen LogP contribution in [-0.4, -0.2) is 66.7 Å². The molecule has 0 unspecified atom stereocenters. The lowest BCUT2D eigenvalue weighted by atomic mass is 10.2. The van der Waals surface area contributed by atoms with E-state index in [4.69, 9.17) is 0 Å². The van der Waals surface area contributed by atoms with E-state index < -0.39 is 9.84 Å². The smallest absolute Gasteiger partial charge is 0.274 e. The van der Waals surface area contributed by atoms with Crippen molar-refractivity contribution in [2.24, 2.45) is 0 Å². The monoisotopic (exact) mass is 474 g/mol. The van der Waals surface area contributed by atoms with Gasteiger partial charge >= 0.3 is 0 Å². The minimum atomic E-state index is -3.08. The molecule has 32 heavy (non-hydrogen) atoms. The fourth-order valence-electron chi connectivity index (χ4n) is 4.34. The maximum Gasteiger partial charge on any atom is 0.274 e. The van der Waals surface area contributed by atoms with Crippen LogP contribution in [0.1, 0.15) is 23.0 Å². The zero-order chi connectivity index (χ0) is 22.3. The topological polar surface area (TPSA) is 75.5 Å². The number of aromatic nitrogens is 2. The van der Waals surface area contributed by atoms with Gasteiger partial charge < -0.3 is 9.80 Å². The number of nitrogens with zero attached hydrogens (tertiary/aromatic N) is 4. The zero-order valence-electron chi connectivity index (χ0n) is 17.4. The van der Waals surface area contributed by atoms with Crippen LogP contribution >= 0.6 is 11.3 Å². The van der Waals surface area contributed by atoms with Gasteiger partial charge in [0.2, 0.25) is 0 Å². The molecule has 2 aliphatic heterocycles. The van der Waals surface area contributed by atoms with Crippen LogP contribution in [-0.2, 0) is 9.84 Å². The van der Waals surface area contributed by atoms with Crippen molar-refractivity contribution in [3.63, 3.8) is 0 Å². The molecule has 1 amide bonds. The van der Waals surface area contributed by atoms with E-state index in [1.54, 1.807) is 27.8 Å². The number of piperazine rings is 1. The quantitative estimate of drug-likeness (QED) is 0.581. The third-order valence-corrected chi connectivity index (χ3v) is 8.68. The van der Waals surface area contributed by atoms with Crippen molar-refractivity contribution in [3.05, 3.63) is 59.4 Å². The van der Waals surface area contributed by atoms with E-state index in [0.29, 0.717) is 38.3 Å². The van der Waals surface area contributed by atoms with Gasteiger partial charge in [-0.1, -0.05) is 6.07 Å². The van der Waals surface area contributed by atoms with Crippen LogP contribution in [0.2, 0.25) is 0 Å². The Labute approximate surface area is 190 Å². The summed E-state index contributed by atoms with van der Waals surface area (Å²) in [5, 5.41) is 6.54. The summed E-state index contributed by atoms with van der Waals surface area (Å²) in [6, 6.07) is 11.8. The highest BCUT2D eigenvalue weighted by atomic mass is 32.2. The highest BCUT2D eigenvalue weighted by molar-refractivity contribution is 7.91. The first kappa shape index (κ1) is 21.1. The van der Waals surface area contributed by atoms with Crippen LogP contribution in [0, 0.1) is 5.82 Å². The van der Waals surface area contributed by atoms with Gasteiger partial charge in [0.15, 0.2) is 15.5 Å². The third kappa shape index (κ3) is 4.16. The zero-order valence-corrected chi connectivity index (χ0v) is 19.0. The molecular weight excluding hydrogens is 451 g/mol. The molecule has 2 fully saturated rings. The lowest BCUT2D eigenvalue weighted by Gasteiger charge is -2.35. The molecule has 2 aliphatic rings. The number of carbonyl (C=O) groups is 1. The van der Waals surface area contributed by atoms with Gasteiger partial charge in [0.25, 0.3) is 5.91 Å². The fraction of sp³-hybridized carbons (Fsp3) is 0.364. The van der Waals surface area contributed by atoms with Crippen molar-refractivity contribution >= 4 is 32.8 Å². The van der Waals surface area contributed by atoms with Crippen molar-refractivity contribution in [1.29, 1.82) is 0 Å². The number of rotatable bonds is 4. The average Bonchev–Trinajstić information content (AvgIpc) is 3.53. The van der Waals surface area contributed by atoms with Crippen LogP contribution in [0.4, 0.5) is 10.1 Å². The highest BCUT2D eigenvalue weighted by Gasteiger charge is 2.33. The van der Waals surface area contributed by atoms with Crippen LogP contribution in [0.25, 0.3) is 10.6 Å². The molecule has 1 atom stereocenters. The second kappa shape index (κ2) is 8.32. The van der Waals surface area contributed by atoms with Crippen LogP contribution in [0.5, 0.6) is 0 Å². The van der Waals surface area contributed by atoms with Crippen molar-refractivity contribution in [3.8, 4) is 10.6 Å². The van der Waals surface area contributed by atoms with E-state index >= 15 is 0 Å². The Hall–Kier alpha value is -2.72. The second-order valence-electron chi connectivity index (χ2n) is 8.15. The molecule has 168 valence electrons. The normalized spacial score (nSPS) is 20.6. The lowest BCUT2D eigenvalue weighted by Crippen LogP contribution is -2.48. The number of benzene rings is 1. The van der Waals surface area contributed by atoms with Crippen molar-refractivity contribution in [2.75, 3.05) is 42.6 Å².